The Morgan fingerprint density at radius 3 is 2.15 bits per heavy atom. The van der Waals surface area contributed by atoms with Gasteiger partial charge in [-0.3, -0.25) is 9.59 Å². The van der Waals surface area contributed by atoms with Crippen LogP contribution in [0.25, 0.3) is 0 Å². The quantitative estimate of drug-likeness (QED) is 0.721. The van der Waals surface area contributed by atoms with Gasteiger partial charge in [-0.05, 0) is 12.3 Å². The van der Waals surface area contributed by atoms with Crippen LogP contribution in [0.5, 0.6) is 0 Å². The number of hydrogen-bond donors (Lipinski definition) is 1. The third kappa shape index (κ3) is 9.05. The van der Waals surface area contributed by atoms with E-state index in [1.165, 1.54) is 6.92 Å². The summed E-state index contributed by atoms with van der Waals surface area (Å²) in [6.45, 7) is 8.02. The topological polar surface area (TPSA) is 46.2 Å². The Morgan fingerprint density at radius 2 is 1.77 bits per heavy atom. The lowest BCUT2D eigenvalue weighted by molar-refractivity contribution is -0.122. The standard InChI is InChI=1S/C10H19NO2/c1-8(12)5-6-11-9(13)7-10(2,3)4/h5-7H2,1-4H3,(H,11,13). The predicted octanol–water partition coefficient (Wildman–Crippen LogP) is 1.52. The first-order valence-corrected chi connectivity index (χ1v) is 4.57. The van der Waals surface area contributed by atoms with Crippen LogP contribution in [0, 0.1) is 5.41 Å². The van der Waals surface area contributed by atoms with Gasteiger partial charge in [0.25, 0.3) is 0 Å². The number of hydrogen-bond acceptors (Lipinski definition) is 2. The third-order valence-electron chi connectivity index (χ3n) is 1.49. The number of Topliss-reactive ketones (excluding diaryl/α,β-unsaturated/α-hetero) is 1. The van der Waals surface area contributed by atoms with Gasteiger partial charge in [0.1, 0.15) is 5.78 Å². The highest BCUT2D eigenvalue weighted by Gasteiger charge is 2.15. The molecule has 0 aliphatic carbocycles. The van der Waals surface area contributed by atoms with Crippen molar-refractivity contribution in [3.05, 3.63) is 0 Å². The summed E-state index contributed by atoms with van der Waals surface area (Å²) in [6.07, 6.45) is 0.931. The number of carbonyl (C=O) groups excluding carboxylic acids is 2. The molecule has 0 rings (SSSR count). The Labute approximate surface area is 79.9 Å². The van der Waals surface area contributed by atoms with Crippen molar-refractivity contribution < 1.29 is 9.59 Å². The summed E-state index contributed by atoms with van der Waals surface area (Å²) in [6, 6.07) is 0. The van der Waals surface area contributed by atoms with E-state index < -0.39 is 0 Å². The lowest BCUT2D eigenvalue weighted by atomic mass is 9.92. The van der Waals surface area contributed by atoms with E-state index in [9.17, 15) is 9.59 Å². The summed E-state index contributed by atoms with van der Waals surface area (Å²) in [4.78, 5) is 21.8. The van der Waals surface area contributed by atoms with E-state index in [-0.39, 0.29) is 17.1 Å². The van der Waals surface area contributed by atoms with E-state index in [0.29, 0.717) is 19.4 Å². The molecule has 0 atom stereocenters. The second-order valence-corrected chi connectivity index (χ2v) is 4.54. The number of amides is 1. The van der Waals surface area contributed by atoms with Crippen molar-refractivity contribution in [2.45, 2.75) is 40.5 Å². The maximum Gasteiger partial charge on any atom is 0.220 e. The average molecular weight is 185 g/mol. The zero-order valence-corrected chi connectivity index (χ0v) is 8.94. The van der Waals surface area contributed by atoms with Gasteiger partial charge in [-0.2, -0.15) is 0 Å². The summed E-state index contributed by atoms with van der Waals surface area (Å²) in [5.41, 5.74) is 0.0142. The monoisotopic (exact) mass is 185 g/mol. The fourth-order valence-corrected chi connectivity index (χ4v) is 0.922. The molecule has 0 saturated carbocycles. The molecule has 0 aromatic rings. The van der Waals surface area contributed by atoms with Crippen LogP contribution in [0.1, 0.15) is 40.5 Å². The fourth-order valence-electron chi connectivity index (χ4n) is 0.922. The highest BCUT2D eigenvalue weighted by atomic mass is 16.1. The molecule has 0 bridgehead atoms. The molecule has 0 aliphatic heterocycles. The SMILES string of the molecule is CC(=O)CCNC(=O)CC(C)(C)C. The molecule has 0 heterocycles. The van der Waals surface area contributed by atoms with E-state index in [1.54, 1.807) is 0 Å². The van der Waals surface area contributed by atoms with Crippen molar-refractivity contribution in [1.82, 2.24) is 5.32 Å². The maximum absolute atomic E-state index is 11.2. The molecule has 0 spiro atoms. The van der Waals surface area contributed by atoms with Crippen LogP contribution in [0.15, 0.2) is 0 Å². The maximum atomic E-state index is 11.2. The third-order valence-corrected chi connectivity index (χ3v) is 1.49. The van der Waals surface area contributed by atoms with Gasteiger partial charge in [-0.1, -0.05) is 20.8 Å². The van der Waals surface area contributed by atoms with E-state index in [4.69, 9.17) is 0 Å². The first-order valence-electron chi connectivity index (χ1n) is 4.57. The molecular formula is C10H19NO2. The molecule has 0 fully saturated rings. The largest absolute Gasteiger partial charge is 0.356 e. The van der Waals surface area contributed by atoms with Crippen molar-refractivity contribution >= 4 is 11.7 Å². The molecule has 0 aromatic carbocycles. The zero-order chi connectivity index (χ0) is 10.5. The molecule has 3 nitrogen and oxygen atoms in total. The Hall–Kier alpha value is -0.860. The molecule has 0 saturated heterocycles. The normalized spacial score (nSPS) is 11.1. The summed E-state index contributed by atoms with van der Waals surface area (Å²) in [7, 11) is 0. The molecule has 0 unspecified atom stereocenters. The van der Waals surface area contributed by atoms with Crippen molar-refractivity contribution in [3.8, 4) is 0 Å². The Morgan fingerprint density at radius 1 is 1.23 bits per heavy atom. The first-order chi connectivity index (χ1) is 5.81. The minimum atomic E-state index is 0.0142. The van der Waals surface area contributed by atoms with Crippen molar-refractivity contribution in [3.63, 3.8) is 0 Å². The second kappa shape index (κ2) is 5.00. The van der Waals surface area contributed by atoms with Gasteiger partial charge in [0, 0.05) is 19.4 Å². The van der Waals surface area contributed by atoms with E-state index >= 15 is 0 Å². The van der Waals surface area contributed by atoms with Gasteiger partial charge < -0.3 is 5.32 Å². The van der Waals surface area contributed by atoms with Crippen LogP contribution in [0.4, 0.5) is 0 Å². The molecule has 1 amide bonds. The van der Waals surface area contributed by atoms with Crippen LogP contribution >= 0.6 is 0 Å². The van der Waals surface area contributed by atoms with E-state index in [1.807, 2.05) is 20.8 Å². The van der Waals surface area contributed by atoms with Crippen molar-refractivity contribution in [1.29, 1.82) is 0 Å². The summed E-state index contributed by atoms with van der Waals surface area (Å²) >= 11 is 0. The molecule has 13 heavy (non-hydrogen) atoms. The summed E-state index contributed by atoms with van der Waals surface area (Å²) in [5.74, 6) is 0.129. The number of rotatable bonds is 4. The van der Waals surface area contributed by atoms with Crippen LogP contribution in [0.3, 0.4) is 0 Å². The van der Waals surface area contributed by atoms with Crippen LogP contribution in [-0.2, 0) is 9.59 Å². The minimum absolute atomic E-state index is 0.0142. The Bertz CT molecular complexity index is 192. The lowest BCUT2D eigenvalue weighted by Gasteiger charge is -2.16. The Balaban J connectivity index is 3.59. The van der Waals surface area contributed by atoms with Crippen molar-refractivity contribution in [2.75, 3.05) is 6.54 Å². The number of nitrogens with one attached hydrogen (secondary N) is 1. The predicted molar refractivity (Wildman–Crippen MR) is 52.4 cm³/mol. The lowest BCUT2D eigenvalue weighted by Crippen LogP contribution is -2.29. The summed E-state index contributed by atoms with van der Waals surface area (Å²) < 4.78 is 0. The average Bonchev–Trinajstić information content (AvgIpc) is 1.81. The number of ketones is 1. The van der Waals surface area contributed by atoms with Crippen LogP contribution < -0.4 is 5.32 Å². The molecule has 0 radical (unpaired) electrons. The molecule has 0 aliphatic rings. The van der Waals surface area contributed by atoms with Gasteiger partial charge in [0.05, 0.1) is 0 Å². The van der Waals surface area contributed by atoms with Crippen LogP contribution in [-0.4, -0.2) is 18.2 Å². The molecule has 1 N–H and O–H groups in total. The second-order valence-electron chi connectivity index (χ2n) is 4.54. The van der Waals surface area contributed by atoms with Crippen LogP contribution in [0.2, 0.25) is 0 Å². The van der Waals surface area contributed by atoms with E-state index in [0.717, 1.165) is 0 Å². The van der Waals surface area contributed by atoms with Gasteiger partial charge in [-0.25, -0.2) is 0 Å². The van der Waals surface area contributed by atoms with Gasteiger partial charge in [0.2, 0.25) is 5.91 Å². The molecular weight excluding hydrogens is 166 g/mol. The fraction of sp³-hybridized carbons (Fsp3) is 0.800. The van der Waals surface area contributed by atoms with Gasteiger partial charge in [0.15, 0.2) is 0 Å². The summed E-state index contributed by atoms with van der Waals surface area (Å²) in [5, 5.41) is 2.71. The van der Waals surface area contributed by atoms with Gasteiger partial charge in [-0.15, -0.1) is 0 Å². The zero-order valence-electron chi connectivity index (χ0n) is 8.94. The molecule has 76 valence electrons. The molecule has 3 heteroatoms. The smallest absolute Gasteiger partial charge is 0.220 e. The molecule has 0 aromatic heterocycles. The highest BCUT2D eigenvalue weighted by molar-refractivity contribution is 5.79. The van der Waals surface area contributed by atoms with Crippen molar-refractivity contribution in [2.24, 2.45) is 5.41 Å². The van der Waals surface area contributed by atoms with Gasteiger partial charge >= 0.3 is 0 Å². The first kappa shape index (κ1) is 12.1. The van der Waals surface area contributed by atoms with E-state index in [2.05, 4.69) is 5.32 Å². The highest BCUT2D eigenvalue weighted by Crippen LogP contribution is 2.17. The Kier molecular flexibility index (Phi) is 4.67. The number of carbonyl (C=O) groups is 2. The minimum Gasteiger partial charge on any atom is -0.356 e.